The number of carbonyl (C=O) groups is 2. The summed E-state index contributed by atoms with van der Waals surface area (Å²) in [6.07, 6.45) is 3.78. The van der Waals surface area contributed by atoms with Crippen molar-refractivity contribution in [3.8, 4) is 11.5 Å². The van der Waals surface area contributed by atoms with Gasteiger partial charge in [0.15, 0.2) is 0 Å². The van der Waals surface area contributed by atoms with Crippen molar-refractivity contribution in [3.05, 3.63) is 59.7 Å². The number of hydrogen-bond donors (Lipinski definition) is 2. The fourth-order valence-electron chi connectivity index (χ4n) is 2.28. The highest BCUT2D eigenvalue weighted by atomic mass is 32.2. The van der Waals surface area contributed by atoms with Crippen LogP contribution in [0.4, 0.5) is 0 Å². The molecule has 0 aliphatic carbocycles. The number of nitrogens with one attached hydrogen (secondary N) is 2. The van der Waals surface area contributed by atoms with E-state index in [1.165, 1.54) is 11.8 Å². The molecule has 0 saturated heterocycles. The zero-order valence-corrected chi connectivity index (χ0v) is 18.4. The van der Waals surface area contributed by atoms with Gasteiger partial charge in [0.1, 0.15) is 11.5 Å². The molecule has 0 fully saturated rings. The van der Waals surface area contributed by atoms with E-state index in [-0.39, 0.29) is 11.8 Å². The van der Waals surface area contributed by atoms with Crippen LogP contribution in [0.15, 0.2) is 58.7 Å². The fourth-order valence-corrected chi connectivity index (χ4v) is 3.14. The summed E-state index contributed by atoms with van der Waals surface area (Å²) < 4.78 is 10.2. The summed E-state index contributed by atoms with van der Waals surface area (Å²) in [6, 6.07) is 14.7. The SMILES string of the molecule is COc1ccc(C=NNC(=O)CCSCCC(=O)N/N=C/c2ccc(OC)cc2)cc1. The molecule has 2 aromatic rings. The number of methoxy groups -OCH3 is 2. The summed E-state index contributed by atoms with van der Waals surface area (Å²) in [5.41, 5.74) is 6.69. The minimum Gasteiger partial charge on any atom is -0.497 e. The predicted molar refractivity (Wildman–Crippen MR) is 124 cm³/mol. The Kier molecular flexibility index (Phi) is 10.7. The van der Waals surface area contributed by atoms with Crippen LogP contribution in [0.3, 0.4) is 0 Å². The predicted octanol–water partition coefficient (Wildman–Crippen LogP) is 2.82. The number of hydrogen-bond acceptors (Lipinski definition) is 7. The molecule has 0 spiro atoms. The Morgan fingerprint density at radius 3 is 1.52 bits per heavy atom. The Labute approximate surface area is 186 Å². The van der Waals surface area contributed by atoms with Gasteiger partial charge in [0, 0.05) is 24.3 Å². The molecule has 0 bridgehead atoms. The molecule has 8 nitrogen and oxygen atoms in total. The highest BCUT2D eigenvalue weighted by molar-refractivity contribution is 7.99. The lowest BCUT2D eigenvalue weighted by atomic mass is 10.2. The molecule has 0 radical (unpaired) electrons. The van der Waals surface area contributed by atoms with Crippen LogP contribution in [-0.2, 0) is 9.59 Å². The number of thioether (sulfide) groups is 1. The third kappa shape index (κ3) is 9.81. The first kappa shape index (κ1) is 23.9. The molecule has 0 unspecified atom stereocenters. The standard InChI is InChI=1S/C22H26N4O4S/c1-29-19-7-3-17(4-8-19)15-23-25-21(27)11-13-31-14-12-22(28)26-24-16-18-5-9-20(30-2)10-6-18/h3-10,15-16H,11-14H2,1-2H3,(H,25,27)(H,26,28)/b23-15+,24-16?. The second-order valence-corrected chi connectivity index (χ2v) is 7.47. The Morgan fingerprint density at radius 2 is 1.16 bits per heavy atom. The molecule has 2 rings (SSSR count). The van der Waals surface area contributed by atoms with Crippen molar-refractivity contribution in [3.63, 3.8) is 0 Å². The molecule has 2 N–H and O–H groups in total. The first-order chi connectivity index (χ1) is 15.1. The maximum atomic E-state index is 11.8. The van der Waals surface area contributed by atoms with Crippen LogP contribution < -0.4 is 20.3 Å². The zero-order valence-electron chi connectivity index (χ0n) is 17.5. The largest absolute Gasteiger partial charge is 0.497 e. The lowest BCUT2D eigenvalue weighted by molar-refractivity contribution is -0.121. The number of carbonyl (C=O) groups excluding carboxylic acids is 2. The summed E-state index contributed by atoms with van der Waals surface area (Å²) in [7, 11) is 3.21. The van der Waals surface area contributed by atoms with Crippen molar-refractivity contribution in [1.29, 1.82) is 0 Å². The average molecular weight is 443 g/mol. The zero-order chi connectivity index (χ0) is 22.3. The van der Waals surface area contributed by atoms with Crippen LogP contribution in [0.25, 0.3) is 0 Å². The highest BCUT2D eigenvalue weighted by Crippen LogP contribution is 2.10. The van der Waals surface area contributed by atoms with Crippen molar-refractivity contribution < 1.29 is 19.1 Å². The minimum atomic E-state index is -0.175. The maximum Gasteiger partial charge on any atom is 0.240 e. The minimum absolute atomic E-state index is 0.175. The molecule has 0 aliphatic heterocycles. The van der Waals surface area contributed by atoms with E-state index < -0.39 is 0 Å². The van der Waals surface area contributed by atoms with E-state index in [0.29, 0.717) is 24.3 Å². The summed E-state index contributed by atoms with van der Waals surface area (Å²) in [5, 5.41) is 7.86. The lowest BCUT2D eigenvalue weighted by Gasteiger charge is -2.02. The average Bonchev–Trinajstić information content (AvgIpc) is 2.80. The van der Waals surface area contributed by atoms with Gasteiger partial charge in [-0.25, -0.2) is 10.9 Å². The summed E-state index contributed by atoms with van der Waals surface area (Å²) in [4.78, 5) is 23.6. The maximum absolute atomic E-state index is 11.8. The lowest BCUT2D eigenvalue weighted by Crippen LogP contribution is -2.19. The number of amides is 2. The van der Waals surface area contributed by atoms with Gasteiger partial charge < -0.3 is 9.47 Å². The number of rotatable bonds is 12. The molecule has 9 heteroatoms. The van der Waals surface area contributed by atoms with Crippen LogP contribution in [0.2, 0.25) is 0 Å². The number of benzene rings is 2. The van der Waals surface area contributed by atoms with Gasteiger partial charge in [-0.1, -0.05) is 0 Å². The van der Waals surface area contributed by atoms with Crippen molar-refractivity contribution in [1.82, 2.24) is 10.9 Å². The molecule has 0 saturated carbocycles. The molecular weight excluding hydrogens is 416 g/mol. The van der Waals surface area contributed by atoms with E-state index in [9.17, 15) is 9.59 Å². The Morgan fingerprint density at radius 1 is 0.774 bits per heavy atom. The number of ether oxygens (including phenoxy) is 2. The molecule has 164 valence electrons. The van der Waals surface area contributed by atoms with E-state index in [4.69, 9.17) is 9.47 Å². The van der Waals surface area contributed by atoms with Crippen LogP contribution in [-0.4, -0.2) is 50.0 Å². The van der Waals surface area contributed by atoms with E-state index in [1.807, 2.05) is 48.5 Å². The second kappa shape index (κ2) is 13.8. The van der Waals surface area contributed by atoms with Crippen LogP contribution in [0, 0.1) is 0 Å². The van der Waals surface area contributed by atoms with E-state index in [0.717, 1.165) is 22.6 Å². The van der Waals surface area contributed by atoms with Crippen molar-refractivity contribution >= 4 is 36.0 Å². The molecule has 2 aromatic carbocycles. The quantitative estimate of drug-likeness (QED) is 0.299. The van der Waals surface area contributed by atoms with E-state index in [2.05, 4.69) is 21.1 Å². The summed E-state index contributed by atoms with van der Waals surface area (Å²) >= 11 is 1.52. The van der Waals surface area contributed by atoms with Crippen LogP contribution >= 0.6 is 11.8 Å². The molecular formula is C22H26N4O4S. The van der Waals surface area contributed by atoms with Crippen LogP contribution in [0.5, 0.6) is 11.5 Å². The van der Waals surface area contributed by atoms with Gasteiger partial charge in [-0.3, -0.25) is 9.59 Å². The first-order valence-corrected chi connectivity index (χ1v) is 10.8. The summed E-state index contributed by atoms with van der Waals surface area (Å²) in [5.74, 6) is 2.38. The fraction of sp³-hybridized carbons (Fsp3) is 0.273. The molecule has 0 atom stereocenters. The number of hydrazone groups is 2. The number of nitrogens with zero attached hydrogens (tertiary/aromatic N) is 2. The molecule has 0 aromatic heterocycles. The summed E-state index contributed by atoms with van der Waals surface area (Å²) in [6.45, 7) is 0. The molecule has 0 aliphatic rings. The Bertz CT molecular complexity index is 810. The Hall–Kier alpha value is -3.33. The van der Waals surface area contributed by atoms with E-state index in [1.54, 1.807) is 26.6 Å². The van der Waals surface area contributed by atoms with Gasteiger partial charge in [-0.05, 0) is 59.7 Å². The van der Waals surface area contributed by atoms with Gasteiger partial charge in [0.25, 0.3) is 0 Å². The van der Waals surface area contributed by atoms with Crippen LogP contribution in [0.1, 0.15) is 24.0 Å². The second-order valence-electron chi connectivity index (χ2n) is 6.25. The molecule has 31 heavy (non-hydrogen) atoms. The van der Waals surface area contributed by atoms with E-state index >= 15 is 0 Å². The van der Waals surface area contributed by atoms with Gasteiger partial charge in [0.05, 0.1) is 26.6 Å². The highest BCUT2D eigenvalue weighted by Gasteiger charge is 2.02. The first-order valence-electron chi connectivity index (χ1n) is 9.60. The molecule has 0 heterocycles. The van der Waals surface area contributed by atoms with Crippen molar-refractivity contribution in [2.45, 2.75) is 12.8 Å². The topological polar surface area (TPSA) is 101 Å². The van der Waals surface area contributed by atoms with Crippen molar-refractivity contribution in [2.24, 2.45) is 10.2 Å². The smallest absolute Gasteiger partial charge is 0.240 e. The van der Waals surface area contributed by atoms with Gasteiger partial charge in [-0.15, -0.1) is 0 Å². The van der Waals surface area contributed by atoms with Crippen molar-refractivity contribution in [2.75, 3.05) is 25.7 Å². The monoisotopic (exact) mass is 442 g/mol. The third-order valence-corrected chi connectivity index (χ3v) is 4.97. The molecule has 2 amide bonds. The third-order valence-electron chi connectivity index (χ3n) is 3.98. The van der Waals surface area contributed by atoms with Gasteiger partial charge in [0.2, 0.25) is 11.8 Å². The van der Waals surface area contributed by atoms with Gasteiger partial charge in [-0.2, -0.15) is 22.0 Å². The van der Waals surface area contributed by atoms with Gasteiger partial charge >= 0.3 is 0 Å². The normalized spacial score (nSPS) is 10.9. The Balaban J connectivity index is 1.54.